The molecule has 0 fully saturated rings. The first-order chi connectivity index (χ1) is 5.75. The molecule has 0 amide bonds. The molecule has 1 heterocycles. The van der Waals surface area contributed by atoms with Crippen LogP contribution < -0.4 is 0 Å². The number of aromatic nitrogens is 2. The fourth-order valence-corrected chi connectivity index (χ4v) is 1.31. The summed E-state index contributed by atoms with van der Waals surface area (Å²) in [6.45, 7) is 3.91. The number of aliphatic imine (C=N–C) groups is 1. The summed E-state index contributed by atoms with van der Waals surface area (Å²) >= 11 is 1.40. The molecule has 0 N–H and O–H groups in total. The van der Waals surface area contributed by atoms with E-state index in [9.17, 15) is 0 Å². The number of hydrogen-bond acceptors (Lipinski definition) is 3. The second kappa shape index (κ2) is 4.36. The van der Waals surface area contributed by atoms with Crippen molar-refractivity contribution in [2.75, 3.05) is 0 Å². The van der Waals surface area contributed by atoms with Gasteiger partial charge in [-0.25, -0.2) is 0 Å². The molecule has 62 valence electrons. The fourth-order valence-electron chi connectivity index (χ4n) is 0.796. The summed E-state index contributed by atoms with van der Waals surface area (Å²) in [5.41, 5.74) is 0.908. The van der Waals surface area contributed by atoms with Gasteiger partial charge in [-0.05, 0) is 0 Å². The van der Waals surface area contributed by atoms with E-state index >= 15 is 0 Å². The van der Waals surface area contributed by atoms with Crippen LogP contribution in [0.5, 0.6) is 0 Å². The molecule has 0 saturated carbocycles. The minimum absolute atomic E-state index is 0.715. The number of hydrogen-bond donors (Lipinski definition) is 0. The zero-order valence-electron chi connectivity index (χ0n) is 6.98. The van der Waals surface area contributed by atoms with Gasteiger partial charge in [0.15, 0.2) is 0 Å². The van der Waals surface area contributed by atoms with Crippen LogP contribution in [0.25, 0.3) is 0 Å². The van der Waals surface area contributed by atoms with Gasteiger partial charge in [-0.1, -0.05) is 0 Å². The van der Waals surface area contributed by atoms with Crippen LogP contribution in [0.4, 0.5) is 5.82 Å². The molecule has 0 aliphatic carbocycles. The molecule has 1 aromatic rings. The Hall–Kier alpha value is -0.692. The monoisotopic (exact) mass is 331 g/mol. The van der Waals surface area contributed by atoms with Gasteiger partial charge in [-0.2, -0.15) is 0 Å². The van der Waals surface area contributed by atoms with E-state index in [4.69, 9.17) is 0 Å². The second-order valence-corrected chi connectivity index (χ2v) is 4.37. The van der Waals surface area contributed by atoms with Crippen molar-refractivity contribution in [2.45, 2.75) is 13.8 Å². The maximum absolute atomic E-state index is 4.20. The summed E-state index contributed by atoms with van der Waals surface area (Å²) in [5.74, 6) is 0.715. The van der Waals surface area contributed by atoms with E-state index in [1.807, 2.05) is 13.8 Å². The van der Waals surface area contributed by atoms with Crippen molar-refractivity contribution in [2.24, 2.45) is 4.99 Å². The molecule has 1 rings (SSSR count). The third-order valence-electron chi connectivity index (χ3n) is 1.26. The quantitative estimate of drug-likeness (QED) is 0.766. The van der Waals surface area contributed by atoms with Gasteiger partial charge in [0.1, 0.15) is 0 Å². The van der Waals surface area contributed by atoms with Crippen LogP contribution in [-0.4, -0.2) is 20.1 Å². The average molecular weight is 331 g/mol. The first kappa shape index (κ1) is 9.40. The normalized spacial score (nSPS) is 10.5. The van der Waals surface area contributed by atoms with Crippen molar-refractivity contribution in [3.05, 3.63) is 18.1 Å². The van der Waals surface area contributed by atoms with Crippen molar-refractivity contribution in [1.29, 1.82) is 0 Å². The SMILES string of the molecule is CC=Nc1nccnc1[C](C)=[W]. The third-order valence-corrected chi connectivity index (χ3v) is 1.96. The van der Waals surface area contributed by atoms with E-state index in [2.05, 4.69) is 15.0 Å². The Labute approximate surface area is 82.4 Å². The van der Waals surface area contributed by atoms with Crippen LogP contribution in [-0.2, 0) is 19.4 Å². The molecule has 0 atom stereocenters. The Morgan fingerprint density at radius 1 is 1.50 bits per heavy atom. The van der Waals surface area contributed by atoms with Gasteiger partial charge in [0.2, 0.25) is 0 Å². The van der Waals surface area contributed by atoms with Gasteiger partial charge in [-0.15, -0.1) is 0 Å². The van der Waals surface area contributed by atoms with Gasteiger partial charge >= 0.3 is 82.2 Å². The van der Waals surface area contributed by atoms with Crippen molar-refractivity contribution >= 4 is 15.9 Å². The van der Waals surface area contributed by atoms with Crippen molar-refractivity contribution in [3.8, 4) is 0 Å². The van der Waals surface area contributed by atoms with Gasteiger partial charge in [-0.3, -0.25) is 0 Å². The average Bonchev–Trinajstić information content (AvgIpc) is 2.05. The van der Waals surface area contributed by atoms with E-state index in [1.54, 1.807) is 18.6 Å². The van der Waals surface area contributed by atoms with E-state index in [0.717, 1.165) is 5.69 Å². The first-order valence-electron chi connectivity index (χ1n) is 3.56. The fraction of sp³-hybridized carbons (Fsp3) is 0.250. The van der Waals surface area contributed by atoms with Gasteiger partial charge in [0.25, 0.3) is 0 Å². The molecule has 0 spiro atoms. The third kappa shape index (κ3) is 2.14. The van der Waals surface area contributed by atoms with Crippen LogP contribution >= 0.6 is 0 Å². The van der Waals surface area contributed by atoms with Gasteiger partial charge in [0, 0.05) is 0 Å². The van der Waals surface area contributed by atoms with Crippen LogP contribution in [0.3, 0.4) is 0 Å². The van der Waals surface area contributed by atoms with Crippen molar-refractivity contribution in [3.63, 3.8) is 0 Å². The molecule has 0 radical (unpaired) electrons. The number of rotatable bonds is 2. The number of nitrogens with zero attached hydrogens (tertiary/aromatic N) is 3. The van der Waals surface area contributed by atoms with E-state index in [-0.39, 0.29) is 0 Å². The van der Waals surface area contributed by atoms with E-state index in [1.165, 1.54) is 23.3 Å². The minimum atomic E-state index is 0.715. The van der Waals surface area contributed by atoms with Gasteiger partial charge in [0.05, 0.1) is 0 Å². The zero-order valence-corrected chi connectivity index (χ0v) is 9.92. The predicted molar refractivity (Wildman–Crippen MR) is 45.6 cm³/mol. The predicted octanol–water partition coefficient (Wildman–Crippen LogP) is 1.29. The van der Waals surface area contributed by atoms with Crippen LogP contribution in [0, 0.1) is 0 Å². The summed E-state index contributed by atoms with van der Waals surface area (Å²) in [7, 11) is 0. The molecule has 0 bridgehead atoms. The standard InChI is InChI=1S/C8H9N3.W/c1-3-7-8(9-4-2)11-6-5-10-7;/h4-6H,1-2H3;. The molecule has 3 nitrogen and oxygen atoms in total. The summed E-state index contributed by atoms with van der Waals surface area (Å²) in [6, 6.07) is 0. The molecular weight excluding hydrogens is 322 g/mol. The molecule has 0 saturated heterocycles. The van der Waals surface area contributed by atoms with Crippen LogP contribution in [0.15, 0.2) is 17.4 Å². The van der Waals surface area contributed by atoms with E-state index in [0.29, 0.717) is 5.82 Å². The first-order valence-corrected chi connectivity index (χ1v) is 5.03. The molecule has 0 unspecified atom stereocenters. The Bertz CT molecular complexity index is 320. The summed E-state index contributed by atoms with van der Waals surface area (Å²) in [4.78, 5) is 12.4. The summed E-state index contributed by atoms with van der Waals surface area (Å²) in [6.07, 6.45) is 5.08. The Balaban J connectivity index is 3.17. The molecular formula is C8H9N3W. The summed E-state index contributed by atoms with van der Waals surface area (Å²) in [5, 5.41) is 0. The van der Waals surface area contributed by atoms with Crippen LogP contribution in [0.1, 0.15) is 19.5 Å². The van der Waals surface area contributed by atoms with Gasteiger partial charge < -0.3 is 0 Å². The van der Waals surface area contributed by atoms with Crippen molar-refractivity contribution in [1.82, 2.24) is 9.97 Å². The zero-order chi connectivity index (χ0) is 8.97. The summed E-state index contributed by atoms with van der Waals surface area (Å²) < 4.78 is 1.21. The Morgan fingerprint density at radius 2 is 2.17 bits per heavy atom. The van der Waals surface area contributed by atoms with Crippen molar-refractivity contribution < 1.29 is 19.4 Å². The Kier molecular flexibility index (Phi) is 3.42. The molecule has 4 heteroatoms. The maximum atomic E-state index is 4.20. The molecule has 0 aliphatic heterocycles. The molecule has 12 heavy (non-hydrogen) atoms. The molecule has 1 aromatic heterocycles. The van der Waals surface area contributed by atoms with Crippen LogP contribution in [0.2, 0.25) is 0 Å². The Morgan fingerprint density at radius 3 is 2.75 bits per heavy atom. The van der Waals surface area contributed by atoms with E-state index < -0.39 is 0 Å². The molecule has 0 aromatic carbocycles. The second-order valence-electron chi connectivity index (χ2n) is 2.17. The topological polar surface area (TPSA) is 38.1 Å². The molecule has 0 aliphatic rings.